The van der Waals surface area contributed by atoms with Crippen LogP contribution in [0.25, 0.3) is 0 Å². The Morgan fingerprint density at radius 2 is 1.65 bits per heavy atom. The topological polar surface area (TPSA) is 77.0 Å². The molecule has 0 aliphatic carbocycles. The molecule has 1 unspecified atom stereocenters. The Labute approximate surface area is 161 Å². The van der Waals surface area contributed by atoms with E-state index in [1.165, 1.54) is 0 Å². The third-order valence-electron chi connectivity index (χ3n) is 4.89. The van der Waals surface area contributed by atoms with Crippen LogP contribution in [0.3, 0.4) is 0 Å². The lowest BCUT2D eigenvalue weighted by Gasteiger charge is -2.30. The van der Waals surface area contributed by atoms with Gasteiger partial charge in [-0.25, -0.2) is 0 Å². The summed E-state index contributed by atoms with van der Waals surface area (Å²) in [5, 5.41) is 12.9. The van der Waals surface area contributed by atoms with E-state index in [0.29, 0.717) is 25.4 Å². The Hall–Kier alpha value is -0.473. The van der Waals surface area contributed by atoms with E-state index in [2.05, 4.69) is 26.1 Å². The zero-order valence-electron chi connectivity index (χ0n) is 17.7. The fourth-order valence-electron chi connectivity index (χ4n) is 2.83. The lowest BCUT2D eigenvalue weighted by atomic mass is 9.90. The maximum absolute atomic E-state index is 12.0. The average Bonchev–Trinajstić information content (AvgIpc) is 2.62. The molecular weight excluding hydrogens is 350 g/mol. The van der Waals surface area contributed by atoms with E-state index in [4.69, 9.17) is 13.3 Å². The third kappa shape index (κ3) is 11.3. The van der Waals surface area contributed by atoms with Gasteiger partial charge in [0.05, 0.1) is 6.10 Å². The van der Waals surface area contributed by atoms with E-state index >= 15 is 0 Å². The number of hydrogen-bond acceptors (Lipinski definition) is 5. The van der Waals surface area contributed by atoms with E-state index in [9.17, 15) is 9.90 Å². The second-order valence-corrected chi connectivity index (χ2v) is 10.9. The van der Waals surface area contributed by atoms with Gasteiger partial charge in [0.2, 0.25) is 5.91 Å². The molecule has 0 aliphatic rings. The van der Waals surface area contributed by atoms with Gasteiger partial charge in [0.25, 0.3) is 0 Å². The Bertz CT molecular complexity index is 367. The van der Waals surface area contributed by atoms with Crippen LogP contribution in [0.15, 0.2) is 0 Å². The summed E-state index contributed by atoms with van der Waals surface area (Å²) in [6.07, 6.45) is 6.68. The molecule has 0 radical (unpaired) electrons. The zero-order chi connectivity index (χ0) is 20.1. The van der Waals surface area contributed by atoms with E-state index < -0.39 is 8.80 Å². The molecule has 0 saturated carbocycles. The lowest BCUT2D eigenvalue weighted by Crippen LogP contribution is -2.44. The summed E-state index contributed by atoms with van der Waals surface area (Å²) >= 11 is 0. The average molecular weight is 392 g/mol. The highest BCUT2D eigenvalue weighted by Gasteiger charge is 2.39. The Balaban J connectivity index is 4.05. The number of aliphatic hydroxyl groups is 1. The Morgan fingerprint density at radius 1 is 1.08 bits per heavy atom. The van der Waals surface area contributed by atoms with Crippen LogP contribution < -0.4 is 5.32 Å². The van der Waals surface area contributed by atoms with Crippen molar-refractivity contribution in [1.29, 1.82) is 0 Å². The summed E-state index contributed by atoms with van der Waals surface area (Å²) in [7, 11) is 2.28. The van der Waals surface area contributed by atoms with Gasteiger partial charge in [0.1, 0.15) is 0 Å². The summed E-state index contributed by atoms with van der Waals surface area (Å²) in [5.74, 6) is 0.0487. The number of amides is 1. The highest BCUT2D eigenvalue weighted by molar-refractivity contribution is 6.60. The quantitative estimate of drug-likeness (QED) is 0.311. The summed E-state index contributed by atoms with van der Waals surface area (Å²) in [5.41, 5.74) is -0.0663. The highest BCUT2D eigenvalue weighted by Crippen LogP contribution is 2.27. The molecular formula is C19H41NO5Si. The van der Waals surface area contributed by atoms with Crippen molar-refractivity contribution < 1.29 is 23.2 Å². The van der Waals surface area contributed by atoms with Crippen molar-refractivity contribution >= 4 is 14.7 Å². The van der Waals surface area contributed by atoms with Gasteiger partial charge in [-0.05, 0) is 31.1 Å². The van der Waals surface area contributed by atoms with Crippen molar-refractivity contribution in [3.63, 3.8) is 0 Å². The van der Waals surface area contributed by atoms with Gasteiger partial charge < -0.3 is 23.7 Å². The van der Waals surface area contributed by atoms with Crippen LogP contribution in [0.1, 0.15) is 72.1 Å². The highest BCUT2D eigenvalue weighted by atomic mass is 28.4. The van der Waals surface area contributed by atoms with Crippen LogP contribution in [0.4, 0.5) is 0 Å². The Kier molecular flexibility index (Phi) is 13.4. The maximum atomic E-state index is 12.0. The number of rotatable bonds is 16. The van der Waals surface area contributed by atoms with Gasteiger partial charge in [-0.1, -0.05) is 40.0 Å². The molecule has 26 heavy (non-hydrogen) atoms. The summed E-state index contributed by atoms with van der Waals surface area (Å²) in [6, 6.07) is 0.712. The van der Waals surface area contributed by atoms with Crippen LogP contribution in [-0.4, -0.2) is 53.8 Å². The van der Waals surface area contributed by atoms with Crippen LogP contribution in [-0.2, 0) is 18.1 Å². The number of carbonyl (C=O) groups is 1. The monoisotopic (exact) mass is 391 g/mol. The predicted octanol–water partition coefficient (Wildman–Crippen LogP) is 3.51. The van der Waals surface area contributed by atoms with Crippen molar-refractivity contribution in [3.8, 4) is 0 Å². The molecule has 1 atom stereocenters. The summed E-state index contributed by atoms with van der Waals surface area (Å²) in [4.78, 5) is 12.0. The van der Waals surface area contributed by atoms with Gasteiger partial charge in [-0.15, -0.1) is 0 Å². The number of nitrogens with one attached hydrogen (secondary N) is 1. The first-order valence-electron chi connectivity index (χ1n) is 9.84. The minimum atomic E-state index is -2.57. The molecule has 7 heteroatoms. The number of carbonyl (C=O) groups excluding carboxylic acids is 1. The fourth-order valence-corrected chi connectivity index (χ4v) is 4.93. The third-order valence-corrected chi connectivity index (χ3v) is 7.62. The first kappa shape index (κ1) is 25.5. The minimum Gasteiger partial charge on any atom is -0.393 e. The van der Waals surface area contributed by atoms with Crippen molar-refractivity contribution in [3.05, 3.63) is 0 Å². The molecule has 0 spiro atoms. The van der Waals surface area contributed by atoms with Gasteiger partial charge in [-0.3, -0.25) is 4.79 Å². The van der Waals surface area contributed by atoms with Crippen LogP contribution in [0, 0.1) is 5.41 Å². The zero-order valence-corrected chi connectivity index (χ0v) is 18.7. The normalized spacial score (nSPS) is 13.7. The minimum absolute atomic E-state index is 0.0487. The maximum Gasteiger partial charge on any atom is 0.500 e. The first-order chi connectivity index (χ1) is 12.2. The molecule has 0 aromatic rings. The van der Waals surface area contributed by atoms with Crippen LogP contribution in [0.5, 0.6) is 0 Å². The van der Waals surface area contributed by atoms with E-state index in [1.807, 2.05) is 0 Å². The van der Waals surface area contributed by atoms with Crippen molar-refractivity contribution in [2.24, 2.45) is 5.41 Å². The SMILES string of the molecule is CCCCCC(O)CCCC(=O)NCC(C)(C)CC[Si](OC)(OC)OC. The second kappa shape index (κ2) is 13.7. The first-order valence-corrected chi connectivity index (χ1v) is 11.8. The summed E-state index contributed by atoms with van der Waals surface area (Å²) in [6.45, 7) is 6.99. The van der Waals surface area contributed by atoms with Crippen molar-refractivity contribution in [1.82, 2.24) is 5.32 Å². The Morgan fingerprint density at radius 3 is 2.19 bits per heavy atom. The molecule has 0 aromatic heterocycles. The van der Waals surface area contributed by atoms with Gasteiger partial charge in [0, 0.05) is 40.3 Å². The van der Waals surface area contributed by atoms with E-state index in [0.717, 1.165) is 38.5 Å². The van der Waals surface area contributed by atoms with Gasteiger partial charge in [0.15, 0.2) is 0 Å². The molecule has 1 amide bonds. The fraction of sp³-hybridized carbons (Fsp3) is 0.947. The lowest BCUT2D eigenvalue weighted by molar-refractivity contribution is -0.121. The van der Waals surface area contributed by atoms with Crippen LogP contribution >= 0.6 is 0 Å². The van der Waals surface area contributed by atoms with E-state index in [-0.39, 0.29) is 17.4 Å². The molecule has 6 nitrogen and oxygen atoms in total. The standard InChI is InChI=1S/C19H41NO5Si/c1-7-8-9-11-17(21)12-10-13-18(22)20-16-19(2,3)14-15-26(23-4,24-5)25-6/h17,21H,7-16H2,1-6H3,(H,20,22). The van der Waals surface area contributed by atoms with Crippen molar-refractivity contribution in [2.45, 2.75) is 84.3 Å². The molecule has 0 heterocycles. The molecule has 0 fully saturated rings. The second-order valence-electron chi connectivity index (χ2n) is 7.78. The van der Waals surface area contributed by atoms with Crippen LogP contribution in [0.2, 0.25) is 6.04 Å². The van der Waals surface area contributed by atoms with Gasteiger partial charge >= 0.3 is 8.80 Å². The summed E-state index contributed by atoms with van der Waals surface area (Å²) < 4.78 is 16.4. The molecule has 0 bridgehead atoms. The molecule has 0 aromatic carbocycles. The smallest absolute Gasteiger partial charge is 0.393 e. The number of unbranched alkanes of at least 4 members (excludes halogenated alkanes) is 2. The van der Waals surface area contributed by atoms with Crippen molar-refractivity contribution in [2.75, 3.05) is 27.9 Å². The molecule has 0 saturated heterocycles. The predicted molar refractivity (Wildman–Crippen MR) is 107 cm³/mol. The molecule has 2 N–H and O–H groups in total. The number of hydrogen-bond donors (Lipinski definition) is 2. The number of aliphatic hydroxyl groups excluding tert-OH is 1. The van der Waals surface area contributed by atoms with E-state index in [1.54, 1.807) is 21.3 Å². The molecule has 156 valence electrons. The molecule has 0 aliphatic heterocycles. The van der Waals surface area contributed by atoms with Gasteiger partial charge in [-0.2, -0.15) is 0 Å². The largest absolute Gasteiger partial charge is 0.500 e. The molecule has 0 rings (SSSR count).